The number of benzene rings is 1. The lowest BCUT2D eigenvalue weighted by molar-refractivity contribution is -0.130. The number of hydrogen-bond acceptors (Lipinski definition) is 3. The first-order valence-electron chi connectivity index (χ1n) is 7.32. The summed E-state index contributed by atoms with van der Waals surface area (Å²) < 4.78 is 5.47. The zero-order valence-corrected chi connectivity index (χ0v) is 12.6. The van der Waals surface area contributed by atoms with E-state index in [1.54, 1.807) is 11.3 Å². The first-order valence-corrected chi connectivity index (χ1v) is 8.20. The van der Waals surface area contributed by atoms with Crippen LogP contribution in [0.5, 0.6) is 0 Å². The third kappa shape index (κ3) is 3.71. The number of hydrogen-bond donors (Lipinski definition) is 1. The molecule has 1 aliphatic heterocycles. The maximum absolute atomic E-state index is 12.3. The Morgan fingerprint density at radius 1 is 1.29 bits per heavy atom. The summed E-state index contributed by atoms with van der Waals surface area (Å²) in [6.07, 6.45) is 2.33. The van der Waals surface area contributed by atoms with Gasteiger partial charge < -0.3 is 10.1 Å². The minimum atomic E-state index is -0.275. The van der Waals surface area contributed by atoms with E-state index in [9.17, 15) is 4.79 Å². The van der Waals surface area contributed by atoms with Crippen molar-refractivity contribution in [2.75, 3.05) is 6.61 Å². The van der Waals surface area contributed by atoms with Crippen LogP contribution in [0.4, 0.5) is 0 Å². The molecule has 1 amide bonds. The molecule has 3 nitrogen and oxygen atoms in total. The average molecular weight is 301 g/mol. The highest BCUT2D eigenvalue weighted by molar-refractivity contribution is 7.10. The Hall–Kier alpha value is -1.65. The largest absolute Gasteiger partial charge is 0.368 e. The number of carbonyl (C=O) groups is 1. The zero-order chi connectivity index (χ0) is 14.5. The highest BCUT2D eigenvalue weighted by atomic mass is 32.1. The van der Waals surface area contributed by atoms with Crippen LogP contribution in [-0.4, -0.2) is 18.6 Å². The van der Waals surface area contributed by atoms with Crippen molar-refractivity contribution in [2.45, 2.75) is 31.4 Å². The van der Waals surface area contributed by atoms with Crippen molar-refractivity contribution in [1.29, 1.82) is 0 Å². The van der Waals surface area contributed by atoms with E-state index in [0.717, 1.165) is 19.3 Å². The minimum Gasteiger partial charge on any atom is -0.368 e. The fourth-order valence-electron chi connectivity index (χ4n) is 2.61. The summed E-state index contributed by atoms with van der Waals surface area (Å²) in [5.74, 6) is 0.0156. The number of nitrogens with one attached hydrogen (secondary N) is 1. The first-order chi connectivity index (χ1) is 10.3. The van der Waals surface area contributed by atoms with Crippen molar-refractivity contribution in [2.24, 2.45) is 0 Å². The highest BCUT2D eigenvalue weighted by Crippen LogP contribution is 2.24. The molecule has 0 aliphatic carbocycles. The van der Waals surface area contributed by atoms with Crippen molar-refractivity contribution in [3.63, 3.8) is 0 Å². The minimum absolute atomic E-state index is 0.0156. The Morgan fingerprint density at radius 3 is 2.81 bits per heavy atom. The van der Waals surface area contributed by atoms with E-state index in [4.69, 9.17) is 4.74 Å². The summed E-state index contributed by atoms with van der Waals surface area (Å²) in [6.45, 7) is 0.695. The molecule has 1 aromatic heterocycles. The van der Waals surface area contributed by atoms with Gasteiger partial charge in [-0.3, -0.25) is 4.79 Å². The van der Waals surface area contributed by atoms with Crippen molar-refractivity contribution >= 4 is 17.2 Å². The molecule has 0 bridgehead atoms. The third-order valence-electron chi connectivity index (χ3n) is 3.71. The quantitative estimate of drug-likeness (QED) is 0.920. The Labute approximate surface area is 129 Å². The summed E-state index contributed by atoms with van der Waals surface area (Å²) in [7, 11) is 0. The Bertz CT molecular complexity index is 562. The molecular formula is C17H19NO2S. The molecule has 110 valence electrons. The fourth-order valence-corrected chi connectivity index (χ4v) is 3.39. The second kappa shape index (κ2) is 6.87. The molecule has 1 N–H and O–H groups in total. The first kappa shape index (κ1) is 14.3. The van der Waals surface area contributed by atoms with E-state index in [1.165, 1.54) is 10.4 Å². The van der Waals surface area contributed by atoms with Crippen molar-refractivity contribution in [3.8, 4) is 0 Å². The lowest BCUT2D eigenvalue weighted by Gasteiger charge is -2.20. The normalized spacial score (nSPS) is 19.3. The van der Waals surface area contributed by atoms with Gasteiger partial charge in [0, 0.05) is 11.5 Å². The molecule has 1 fully saturated rings. The number of rotatable bonds is 5. The summed E-state index contributed by atoms with van der Waals surface area (Å²) in [5, 5.41) is 5.20. The van der Waals surface area contributed by atoms with Crippen LogP contribution in [0.15, 0.2) is 47.8 Å². The average Bonchev–Trinajstić information content (AvgIpc) is 3.21. The van der Waals surface area contributed by atoms with E-state index in [2.05, 4.69) is 23.5 Å². The van der Waals surface area contributed by atoms with Gasteiger partial charge in [-0.15, -0.1) is 11.3 Å². The molecular weight excluding hydrogens is 282 g/mol. The van der Waals surface area contributed by atoms with Crippen molar-refractivity contribution in [1.82, 2.24) is 5.32 Å². The van der Waals surface area contributed by atoms with Gasteiger partial charge in [-0.1, -0.05) is 36.4 Å². The monoisotopic (exact) mass is 301 g/mol. The van der Waals surface area contributed by atoms with Crippen LogP contribution >= 0.6 is 11.3 Å². The molecule has 2 heterocycles. The summed E-state index contributed by atoms with van der Waals surface area (Å²) in [4.78, 5) is 13.5. The van der Waals surface area contributed by atoms with Gasteiger partial charge in [0.05, 0.1) is 6.04 Å². The molecule has 1 aliphatic rings. The van der Waals surface area contributed by atoms with Crippen molar-refractivity contribution in [3.05, 3.63) is 58.3 Å². The second-order valence-corrected chi connectivity index (χ2v) is 6.25. The van der Waals surface area contributed by atoms with E-state index in [-0.39, 0.29) is 18.1 Å². The van der Waals surface area contributed by atoms with E-state index in [0.29, 0.717) is 6.61 Å². The van der Waals surface area contributed by atoms with Gasteiger partial charge in [0.2, 0.25) is 5.91 Å². The maximum atomic E-state index is 12.3. The molecule has 1 aromatic carbocycles. The standard InChI is InChI=1S/C17H19NO2S/c19-17(15-8-4-10-20-15)18-14(16-9-5-11-21-16)12-13-6-2-1-3-7-13/h1-3,5-7,9,11,14-15H,4,8,10,12H2,(H,18,19). The lowest BCUT2D eigenvalue weighted by Crippen LogP contribution is -2.37. The lowest BCUT2D eigenvalue weighted by atomic mass is 10.0. The SMILES string of the molecule is O=C(NC(Cc1ccccc1)c1cccs1)C1CCCO1. The van der Waals surface area contributed by atoms with Gasteiger partial charge >= 0.3 is 0 Å². The smallest absolute Gasteiger partial charge is 0.249 e. The molecule has 0 spiro atoms. The van der Waals surface area contributed by atoms with E-state index in [1.807, 2.05) is 29.6 Å². The molecule has 21 heavy (non-hydrogen) atoms. The van der Waals surface area contributed by atoms with Gasteiger partial charge in [-0.25, -0.2) is 0 Å². The van der Waals surface area contributed by atoms with Gasteiger partial charge in [-0.05, 0) is 36.3 Å². The highest BCUT2D eigenvalue weighted by Gasteiger charge is 2.26. The van der Waals surface area contributed by atoms with Gasteiger partial charge in [0.25, 0.3) is 0 Å². The summed E-state index contributed by atoms with van der Waals surface area (Å²) in [6, 6.07) is 14.4. The Morgan fingerprint density at radius 2 is 2.14 bits per heavy atom. The van der Waals surface area contributed by atoms with Gasteiger partial charge in [0.15, 0.2) is 0 Å². The molecule has 2 unspecified atom stereocenters. The predicted molar refractivity (Wildman–Crippen MR) is 84.3 cm³/mol. The summed E-state index contributed by atoms with van der Waals surface area (Å²) >= 11 is 1.68. The molecule has 0 saturated carbocycles. The molecule has 2 atom stereocenters. The van der Waals surface area contributed by atoms with Crippen LogP contribution < -0.4 is 5.32 Å². The third-order valence-corrected chi connectivity index (χ3v) is 4.69. The van der Waals surface area contributed by atoms with Crippen LogP contribution in [0.3, 0.4) is 0 Å². The van der Waals surface area contributed by atoms with Crippen LogP contribution in [0.1, 0.15) is 29.3 Å². The Kier molecular flexibility index (Phi) is 4.68. The molecule has 1 saturated heterocycles. The second-order valence-electron chi connectivity index (χ2n) is 5.27. The van der Waals surface area contributed by atoms with Crippen LogP contribution in [0, 0.1) is 0 Å². The topological polar surface area (TPSA) is 38.3 Å². The number of carbonyl (C=O) groups excluding carboxylic acids is 1. The zero-order valence-electron chi connectivity index (χ0n) is 11.8. The Balaban J connectivity index is 1.72. The molecule has 4 heteroatoms. The summed E-state index contributed by atoms with van der Waals surface area (Å²) in [5.41, 5.74) is 1.23. The van der Waals surface area contributed by atoms with E-state index >= 15 is 0 Å². The number of amides is 1. The number of thiophene rings is 1. The fraction of sp³-hybridized carbons (Fsp3) is 0.353. The predicted octanol–water partition coefficient (Wildman–Crippen LogP) is 3.33. The van der Waals surface area contributed by atoms with E-state index < -0.39 is 0 Å². The molecule has 2 aromatic rings. The van der Waals surface area contributed by atoms with Crippen LogP contribution in [0.25, 0.3) is 0 Å². The van der Waals surface area contributed by atoms with Gasteiger partial charge in [-0.2, -0.15) is 0 Å². The number of ether oxygens (including phenoxy) is 1. The molecule has 3 rings (SSSR count). The molecule has 0 radical (unpaired) electrons. The van der Waals surface area contributed by atoms with Crippen LogP contribution in [0.2, 0.25) is 0 Å². The maximum Gasteiger partial charge on any atom is 0.249 e. The van der Waals surface area contributed by atoms with Crippen LogP contribution in [-0.2, 0) is 16.0 Å². The van der Waals surface area contributed by atoms with Gasteiger partial charge in [0.1, 0.15) is 6.10 Å². The van der Waals surface area contributed by atoms with Crippen molar-refractivity contribution < 1.29 is 9.53 Å².